The molecule has 164 valence electrons. The summed E-state index contributed by atoms with van der Waals surface area (Å²) in [6, 6.07) is 8.06. The monoisotopic (exact) mass is 420 g/mol. The van der Waals surface area contributed by atoms with Gasteiger partial charge in [0.15, 0.2) is 0 Å². The number of piperidine rings is 1. The number of methoxy groups -OCH3 is 1. The lowest BCUT2D eigenvalue weighted by molar-refractivity contribution is -0.136. The summed E-state index contributed by atoms with van der Waals surface area (Å²) >= 11 is 0. The van der Waals surface area contributed by atoms with E-state index in [4.69, 9.17) is 9.72 Å². The number of carbonyl (C=O) groups excluding carboxylic acids is 1. The minimum Gasteiger partial charge on any atom is -0.497 e. The summed E-state index contributed by atoms with van der Waals surface area (Å²) in [4.78, 5) is 26.5. The summed E-state index contributed by atoms with van der Waals surface area (Å²) in [6.07, 6.45) is 11.0. The van der Waals surface area contributed by atoms with E-state index in [0.29, 0.717) is 11.8 Å². The quantitative estimate of drug-likeness (QED) is 0.676. The normalized spacial score (nSPS) is 19.3. The van der Waals surface area contributed by atoms with Gasteiger partial charge in [0.2, 0.25) is 11.9 Å². The zero-order valence-corrected chi connectivity index (χ0v) is 18.8. The molecule has 1 aromatic heterocycles. The van der Waals surface area contributed by atoms with Gasteiger partial charge in [-0.2, -0.15) is 0 Å². The Kier molecular flexibility index (Phi) is 6.54. The number of anilines is 1. The molecule has 0 unspecified atom stereocenters. The fourth-order valence-electron chi connectivity index (χ4n) is 4.55. The van der Waals surface area contributed by atoms with Crippen LogP contribution in [0.4, 0.5) is 5.95 Å². The number of benzene rings is 1. The van der Waals surface area contributed by atoms with E-state index in [1.54, 1.807) is 7.11 Å². The lowest BCUT2D eigenvalue weighted by Gasteiger charge is -2.35. The van der Waals surface area contributed by atoms with Crippen LogP contribution in [-0.2, 0) is 4.79 Å². The van der Waals surface area contributed by atoms with Crippen LogP contribution in [0.1, 0.15) is 43.7 Å². The van der Waals surface area contributed by atoms with Crippen molar-refractivity contribution in [2.45, 2.75) is 38.0 Å². The van der Waals surface area contributed by atoms with Crippen LogP contribution in [0.15, 0.2) is 42.6 Å². The molecule has 0 N–H and O–H groups in total. The number of hydrogen-bond donors (Lipinski definition) is 0. The molecule has 2 aliphatic rings. The second-order valence-corrected chi connectivity index (χ2v) is 8.67. The SMILES string of the molecule is COc1ccc(-c2cnc(N(C)C)nc2C2CCN(C(=O)[C@H]3CC=CCC3)CC2)cc1. The third-order valence-corrected chi connectivity index (χ3v) is 6.42. The Labute approximate surface area is 184 Å². The molecule has 6 nitrogen and oxygen atoms in total. The molecular weight excluding hydrogens is 388 g/mol. The molecule has 6 heteroatoms. The van der Waals surface area contributed by atoms with Crippen LogP contribution in [-0.4, -0.2) is 55.1 Å². The summed E-state index contributed by atoms with van der Waals surface area (Å²) in [5.74, 6) is 2.36. The van der Waals surface area contributed by atoms with E-state index in [1.165, 1.54) is 0 Å². The number of hydrogen-bond acceptors (Lipinski definition) is 5. The highest BCUT2D eigenvalue weighted by Gasteiger charge is 2.30. The van der Waals surface area contributed by atoms with Crippen molar-refractivity contribution in [2.24, 2.45) is 5.92 Å². The van der Waals surface area contributed by atoms with E-state index in [1.807, 2.05) is 37.3 Å². The molecule has 1 atom stereocenters. The zero-order valence-electron chi connectivity index (χ0n) is 18.8. The Morgan fingerprint density at radius 1 is 1.10 bits per heavy atom. The fraction of sp³-hybridized carbons (Fsp3) is 0.480. The van der Waals surface area contributed by atoms with Gasteiger partial charge in [0, 0.05) is 50.8 Å². The van der Waals surface area contributed by atoms with Crippen LogP contribution < -0.4 is 9.64 Å². The summed E-state index contributed by atoms with van der Waals surface area (Å²) in [7, 11) is 5.60. The van der Waals surface area contributed by atoms with Gasteiger partial charge in [-0.05, 0) is 49.8 Å². The first kappa shape index (κ1) is 21.3. The summed E-state index contributed by atoms with van der Waals surface area (Å²) in [5.41, 5.74) is 3.24. The minimum absolute atomic E-state index is 0.163. The van der Waals surface area contributed by atoms with Crippen molar-refractivity contribution >= 4 is 11.9 Å². The van der Waals surface area contributed by atoms with Gasteiger partial charge in [-0.3, -0.25) is 4.79 Å². The standard InChI is InChI=1S/C25H32N4O2/c1-28(2)25-26-17-22(18-9-11-21(31-3)12-10-18)23(27-25)19-13-15-29(16-14-19)24(30)20-7-5-4-6-8-20/h4-5,9-12,17,19-20H,6-8,13-16H2,1-3H3/t20-/m0/s1. The van der Waals surface area contributed by atoms with Crippen LogP contribution in [0.25, 0.3) is 11.1 Å². The van der Waals surface area contributed by atoms with E-state index in [-0.39, 0.29) is 5.92 Å². The van der Waals surface area contributed by atoms with Crippen LogP contribution in [0.5, 0.6) is 5.75 Å². The first-order valence-electron chi connectivity index (χ1n) is 11.2. The number of nitrogens with zero attached hydrogens (tertiary/aromatic N) is 4. The highest BCUT2D eigenvalue weighted by Crippen LogP contribution is 2.36. The van der Waals surface area contributed by atoms with E-state index >= 15 is 0 Å². The Morgan fingerprint density at radius 3 is 2.45 bits per heavy atom. The molecule has 1 fully saturated rings. The first-order valence-corrected chi connectivity index (χ1v) is 11.2. The third-order valence-electron chi connectivity index (χ3n) is 6.42. The van der Waals surface area contributed by atoms with Crippen LogP contribution in [0, 0.1) is 5.92 Å². The molecule has 2 aromatic rings. The molecule has 0 radical (unpaired) electrons. The van der Waals surface area contributed by atoms with Crippen molar-refractivity contribution in [1.82, 2.24) is 14.9 Å². The van der Waals surface area contributed by atoms with Crippen molar-refractivity contribution in [1.29, 1.82) is 0 Å². The second kappa shape index (κ2) is 9.50. The number of ether oxygens (including phenoxy) is 1. The topological polar surface area (TPSA) is 58.6 Å². The number of aromatic nitrogens is 2. The van der Waals surface area contributed by atoms with Crippen LogP contribution in [0.2, 0.25) is 0 Å². The number of rotatable bonds is 5. The van der Waals surface area contributed by atoms with Gasteiger partial charge >= 0.3 is 0 Å². The summed E-state index contributed by atoms with van der Waals surface area (Å²) in [6.45, 7) is 1.60. The number of amides is 1. The van der Waals surface area contributed by atoms with Gasteiger partial charge < -0.3 is 14.5 Å². The van der Waals surface area contributed by atoms with Crippen molar-refractivity contribution in [3.8, 4) is 16.9 Å². The molecule has 1 aliphatic carbocycles. The fourth-order valence-corrected chi connectivity index (χ4v) is 4.55. The molecule has 1 saturated heterocycles. The smallest absolute Gasteiger partial charge is 0.226 e. The minimum atomic E-state index is 0.163. The molecule has 0 saturated carbocycles. The highest BCUT2D eigenvalue weighted by molar-refractivity contribution is 5.79. The number of likely N-dealkylation sites (tertiary alicyclic amines) is 1. The van der Waals surface area contributed by atoms with Gasteiger partial charge in [0.05, 0.1) is 12.8 Å². The van der Waals surface area contributed by atoms with Crippen molar-refractivity contribution in [3.05, 3.63) is 48.3 Å². The third kappa shape index (κ3) is 4.73. The Balaban J connectivity index is 1.54. The Bertz CT molecular complexity index is 931. The van der Waals surface area contributed by atoms with Gasteiger partial charge in [0.1, 0.15) is 5.75 Å². The number of allylic oxidation sites excluding steroid dienone is 2. The van der Waals surface area contributed by atoms with Gasteiger partial charge in [0.25, 0.3) is 0 Å². The van der Waals surface area contributed by atoms with Gasteiger partial charge in [-0.15, -0.1) is 0 Å². The lowest BCUT2D eigenvalue weighted by Crippen LogP contribution is -2.41. The molecule has 31 heavy (non-hydrogen) atoms. The first-order chi connectivity index (χ1) is 15.1. The maximum atomic E-state index is 12.9. The van der Waals surface area contributed by atoms with E-state index in [9.17, 15) is 4.79 Å². The maximum Gasteiger partial charge on any atom is 0.226 e. The Hall–Kier alpha value is -2.89. The summed E-state index contributed by atoms with van der Waals surface area (Å²) < 4.78 is 5.31. The van der Waals surface area contributed by atoms with E-state index < -0.39 is 0 Å². The average molecular weight is 421 g/mol. The molecule has 0 bridgehead atoms. The van der Waals surface area contributed by atoms with Crippen LogP contribution in [0.3, 0.4) is 0 Å². The molecular formula is C25H32N4O2. The van der Waals surface area contributed by atoms with Crippen molar-refractivity contribution in [3.63, 3.8) is 0 Å². The molecule has 0 spiro atoms. The molecule has 2 heterocycles. The van der Waals surface area contributed by atoms with E-state index in [0.717, 1.165) is 73.7 Å². The average Bonchev–Trinajstić information content (AvgIpc) is 2.84. The van der Waals surface area contributed by atoms with Crippen molar-refractivity contribution < 1.29 is 9.53 Å². The largest absolute Gasteiger partial charge is 0.497 e. The van der Waals surface area contributed by atoms with Gasteiger partial charge in [-0.1, -0.05) is 24.3 Å². The molecule has 4 rings (SSSR count). The predicted octanol–water partition coefficient (Wildman–Crippen LogP) is 4.28. The Morgan fingerprint density at radius 2 is 1.84 bits per heavy atom. The van der Waals surface area contributed by atoms with Crippen molar-refractivity contribution in [2.75, 3.05) is 39.2 Å². The molecule has 1 amide bonds. The van der Waals surface area contributed by atoms with Crippen LogP contribution >= 0.6 is 0 Å². The van der Waals surface area contributed by atoms with Gasteiger partial charge in [-0.25, -0.2) is 9.97 Å². The van der Waals surface area contributed by atoms with E-state index in [2.05, 4.69) is 34.2 Å². The summed E-state index contributed by atoms with van der Waals surface area (Å²) in [5, 5.41) is 0. The zero-order chi connectivity index (χ0) is 21.8. The highest BCUT2D eigenvalue weighted by atomic mass is 16.5. The predicted molar refractivity (Wildman–Crippen MR) is 123 cm³/mol. The second-order valence-electron chi connectivity index (χ2n) is 8.67. The lowest BCUT2D eigenvalue weighted by atomic mass is 9.87. The molecule has 1 aromatic carbocycles. The maximum absolute atomic E-state index is 12.9. The molecule has 1 aliphatic heterocycles. The number of carbonyl (C=O) groups is 1.